The Labute approximate surface area is 160 Å². The summed E-state index contributed by atoms with van der Waals surface area (Å²) < 4.78 is 5.28. The number of carbonyl (C=O) groups excluding carboxylic acids is 1. The molecule has 5 heteroatoms. The molecular formula is C22H27NO4. The molecule has 0 aliphatic rings. The van der Waals surface area contributed by atoms with Crippen LogP contribution in [0.4, 0.5) is 0 Å². The number of rotatable bonds is 7. The van der Waals surface area contributed by atoms with E-state index in [4.69, 9.17) is 4.74 Å². The average Bonchev–Trinajstić information content (AvgIpc) is 2.62. The number of nitrogens with one attached hydrogen (secondary N) is 1. The molecule has 0 saturated heterocycles. The molecule has 0 spiro atoms. The van der Waals surface area contributed by atoms with E-state index in [2.05, 4.69) is 26.1 Å². The van der Waals surface area contributed by atoms with Crippen LogP contribution < -0.4 is 5.32 Å². The smallest absolute Gasteiger partial charge is 0.326 e. The molecule has 0 unspecified atom stereocenters. The quantitative estimate of drug-likeness (QED) is 0.783. The van der Waals surface area contributed by atoms with Crippen molar-refractivity contribution >= 4 is 11.9 Å². The summed E-state index contributed by atoms with van der Waals surface area (Å²) in [6, 6.07) is 15.8. The molecule has 2 aromatic rings. The van der Waals surface area contributed by atoms with Crippen LogP contribution >= 0.6 is 0 Å². The maximum absolute atomic E-state index is 12.6. The highest BCUT2D eigenvalue weighted by molar-refractivity contribution is 5.87. The van der Waals surface area contributed by atoms with Gasteiger partial charge in [-0.15, -0.1) is 0 Å². The van der Waals surface area contributed by atoms with Crippen LogP contribution in [-0.2, 0) is 26.2 Å². The lowest BCUT2D eigenvalue weighted by atomic mass is 9.86. The summed E-state index contributed by atoms with van der Waals surface area (Å²) in [5.41, 5.74) is 2.73. The lowest BCUT2D eigenvalue weighted by Crippen LogP contribution is -2.44. The van der Waals surface area contributed by atoms with Crippen LogP contribution in [0, 0.1) is 0 Å². The highest BCUT2D eigenvalue weighted by atomic mass is 16.5. The van der Waals surface area contributed by atoms with E-state index in [0.29, 0.717) is 5.56 Å². The monoisotopic (exact) mass is 369 g/mol. The molecule has 0 saturated carbocycles. The molecule has 0 heterocycles. The van der Waals surface area contributed by atoms with Gasteiger partial charge in [0.25, 0.3) is 5.91 Å². The third-order valence-corrected chi connectivity index (χ3v) is 4.45. The maximum atomic E-state index is 12.6. The summed E-state index contributed by atoms with van der Waals surface area (Å²) in [7, 11) is 1.43. The number of carboxylic acid groups (broad SMARTS) is 1. The Morgan fingerprint density at radius 1 is 1.04 bits per heavy atom. The standard InChI is InChI=1S/C22H27NO4/c1-22(2,3)17-12-10-15(11-13-17)14-18(21(25)26)23-20(24)19(27-4)16-8-6-5-7-9-16/h5-13,18-19H,14H2,1-4H3,(H,23,24)(H,25,26)/t18-,19+/m0/s1. The summed E-state index contributed by atoms with van der Waals surface area (Å²) in [4.78, 5) is 24.2. The van der Waals surface area contributed by atoms with Gasteiger partial charge in [0, 0.05) is 13.5 Å². The highest BCUT2D eigenvalue weighted by Gasteiger charge is 2.26. The van der Waals surface area contributed by atoms with Gasteiger partial charge in [-0.05, 0) is 22.1 Å². The van der Waals surface area contributed by atoms with Crippen molar-refractivity contribution in [3.63, 3.8) is 0 Å². The van der Waals surface area contributed by atoms with Crippen LogP contribution in [0.5, 0.6) is 0 Å². The summed E-state index contributed by atoms with van der Waals surface area (Å²) >= 11 is 0. The molecule has 2 atom stereocenters. The number of carboxylic acids is 1. The molecule has 5 nitrogen and oxygen atoms in total. The second-order valence-corrected chi connectivity index (χ2v) is 7.58. The number of amides is 1. The zero-order valence-corrected chi connectivity index (χ0v) is 16.2. The van der Waals surface area contributed by atoms with E-state index in [-0.39, 0.29) is 11.8 Å². The topological polar surface area (TPSA) is 75.6 Å². The van der Waals surface area contributed by atoms with Gasteiger partial charge in [0.05, 0.1) is 0 Å². The minimum atomic E-state index is -1.08. The third kappa shape index (κ3) is 5.66. The Kier molecular flexibility index (Phi) is 6.75. The van der Waals surface area contributed by atoms with Crippen molar-refractivity contribution in [2.75, 3.05) is 7.11 Å². The van der Waals surface area contributed by atoms with Crippen molar-refractivity contribution in [3.05, 3.63) is 71.3 Å². The van der Waals surface area contributed by atoms with Gasteiger partial charge < -0.3 is 15.2 Å². The Bertz CT molecular complexity index is 763. The van der Waals surface area contributed by atoms with Gasteiger partial charge in [-0.2, -0.15) is 0 Å². The molecule has 0 aliphatic carbocycles. The molecule has 2 aromatic carbocycles. The van der Waals surface area contributed by atoms with Crippen LogP contribution in [0.25, 0.3) is 0 Å². The largest absolute Gasteiger partial charge is 0.480 e. The van der Waals surface area contributed by atoms with Crippen LogP contribution in [0.2, 0.25) is 0 Å². The number of ether oxygens (including phenoxy) is 1. The first kappa shape index (κ1) is 20.6. The van der Waals surface area contributed by atoms with Crippen LogP contribution in [0.1, 0.15) is 43.6 Å². The molecule has 0 bridgehead atoms. The average molecular weight is 369 g/mol. The summed E-state index contributed by atoms with van der Waals surface area (Å²) in [5, 5.41) is 12.1. The summed E-state index contributed by atoms with van der Waals surface area (Å²) in [6.45, 7) is 6.37. The van der Waals surface area contributed by atoms with E-state index in [1.54, 1.807) is 24.3 Å². The molecule has 144 valence electrons. The van der Waals surface area contributed by atoms with E-state index in [9.17, 15) is 14.7 Å². The molecular weight excluding hydrogens is 342 g/mol. The number of methoxy groups -OCH3 is 1. The lowest BCUT2D eigenvalue weighted by Gasteiger charge is -2.21. The summed E-state index contributed by atoms with van der Waals surface area (Å²) in [6.07, 6.45) is -0.646. The predicted molar refractivity (Wildman–Crippen MR) is 105 cm³/mol. The minimum absolute atomic E-state index is 0.0281. The van der Waals surface area contributed by atoms with Gasteiger partial charge in [-0.1, -0.05) is 75.4 Å². The van der Waals surface area contributed by atoms with Crippen molar-refractivity contribution < 1.29 is 19.4 Å². The number of benzene rings is 2. The van der Waals surface area contributed by atoms with Crippen LogP contribution in [0.3, 0.4) is 0 Å². The molecule has 0 aliphatic heterocycles. The van der Waals surface area contributed by atoms with Gasteiger partial charge in [-0.25, -0.2) is 4.79 Å². The number of hydrogen-bond donors (Lipinski definition) is 2. The van der Waals surface area contributed by atoms with Crippen molar-refractivity contribution in [1.29, 1.82) is 0 Å². The molecule has 0 fully saturated rings. The summed E-state index contributed by atoms with van der Waals surface area (Å²) in [5.74, 6) is -1.55. The van der Waals surface area contributed by atoms with E-state index < -0.39 is 24.0 Å². The number of carbonyl (C=O) groups is 2. The normalized spacial score (nSPS) is 13.6. The number of aliphatic carboxylic acids is 1. The zero-order chi connectivity index (χ0) is 20.0. The van der Waals surface area contributed by atoms with Gasteiger partial charge in [0.2, 0.25) is 0 Å². The Morgan fingerprint density at radius 3 is 2.11 bits per heavy atom. The molecule has 1 amide bonds. The fourth-order valence-electron chi connectivity index (χ4n) is 2.85. The van der Waals surface area contributed by atoms with Crippen LogP contribution in [-0.4, -0.2) is 30.1 Å². The Balaban J connectivity index is 2.11. The van der Waals surface area contributed by atoms with E-state index in [1.165, 1.54) is 12.7 Å². The van der Waals surface area contributed by atoms with Gasteiger partial charge in [0.1, 0.15) is 6.04 Å². The van der Waals surface area contributed by atoms with E-state index >= 15 is 0 Å². The van der Waals surface area contributed by atoms with Crippen molar-refractivity contribution in [2.45, 2.75) is 44.8 Å². The van der Waals surface area contributed by atoms with E-state index in [0.717, 1.165) is 5.56 Å². The number of hydrogen-bond acceptors (Lipinski definition) is 3. The zero-order valence-electron chi connectivity index (χ0n) is 16.2. The lowest BCUT2D eigenvalue weighted by molar-refractivity contribution is -0.144. The minimum Gasteiger partial charge on any atom is -0.480 e. The van der Waals surface area contributed by atoms with Gasteiger partial charge in [-0.3, -0.25) is 4.79 Å². The fraction of sp³-hybridized carbons (Fsp3) is 0.364. The highest BCUT2D eigenvalue weighted by Crippen LogP contribution is 2.22. The first-order valence-corrected chi connectivity index (χ1v) is 8.92. The molecule has 0 radical (unpaired) electrons. The molecule has 27 heavy (non-hydrogen) atoms. The maximum Gasteiger partial charge on any atom is 0.326 e. The molecule has 2 rings (SSSR count). The van der Waals surface area contributed by atoms with Crippen LogP contribution in [0.15, 0.2) is 54.6 Å². The SMILES string of the molecule is CO[C@@H](C(=O)N[C@@H](Cc1ccc(C(C)(C)C)cc1)C(=O)O)c1ccccc1. The Morgan fingerprint density at radius 2 is 1.63 bits per heavy atom. The second kappa shape index (κ2) is 8.82. The van der Waals surface area contributed by atoms with Crippen molar-refractivity contribution in [2.24, 2.45) is 0 Å². The Hall–Kier alpha value is -2.66. The van der Waals surface area contributed by atoms with Crippen molar-refractivity contribution in [3.8, 4) is 0 Å². The first-order chi connectivity index (χ1) is 12.7. The molecule has 0 aromatic heterocycles. The predicted octanol–water partition coefficient (Wildman–Crippen LogP) is 3.48. The third-order valence-electron chi connectivity index (χ3n) is 4.45. The second-order valence-electron chi connectivity index (χ2n) is 7.58. The van der Waals surface area contributed by atoms with E-state index in [1.807, 2.05) is 30.3 Å². The van der Waals surface area contributed by atoms with Crippen molar-refractivity contribution in [1.82, 2.24) is 5.32 Å². The van der Waals surface area contributed by atoms with Gasteiger partial charge >= 0.3 is 5.97 Å². The molecule has 2 N–H and O–H groups in total. The first-order valence-electron chi connectivity index (χ1n) is 8.92. The fourth-order valence-corrected chi connectivity index (χ4v) is 2.85. The van der Waals surface area contributed by atoms with Gasteiger partial charge in [0.15, 0.2) is 6.10 Å².